The number of piperidine rings is 1. The molecule has 1 aromatic heterocycles. The van der Waals surface area contributed by atoms with Crippen molar-refractivity contribution in [2.24, 2.45) is 16.9 Å². The maximum Gasteiger partial charge on any atom is 0.354 e. The van der Waals surface area contributed by atoms with Gasteiger partial charge in [0.05, 0.1) is 11.2 Å². The van der Waals surface area contributed by atoms with Gasteiger partial charge in [0.2, 0.25) is 5.91 Å². The average Bonchev–Trinajstić information content (AvgIpc) is 2.90. The highest BCUT2D eigenvalue weighted by Crippen LogP contribution is 2.30. The van der Waals surface area contributed by atoms with Crippen LogP contribution in [0.3, 0.4) is 0 Å². The molecule has 2 aliphatic heterocycles. The third-order valence-corrected chi connectivity index (χ3v) is 7.62. The minimum absolute atomic E-state index is 0.141. The van der Waals surface area contributed by atoms with Crippen LogP contribution in [0.4, 0.5) is 10.6 Å². The van der Waals surface area contributed by atoms with Crippen molar-refractivity contribution in [1.82, 2.24) is 24.3 Å². The molecule has 0 radical (unpaired) electrons. The van der Waals surface area contributed by atoms with Gasteiger partial charge in [0.25, 0.3) is 0 Å². The summed E-state index contributed by atoms with van der Waals surface area (Å²) in [7, 11) is 0. The van der Waals surface area contributed by atoms with E-state index in [4.69, 9.17) is 11.5 Å². The van der Waals surface area contributed by atoms with E-state index in [1.807, 2.05) is 24.3 Å². The molecule has 0 spiro atoms. The second kappa shape index (κ2) is 11.2. The summed E-state index contributed by atoms with van der Waals surface area (Å²) in [4.78, 5) is 47.5. The summed E-state index contributed by atoms with van der Waals surface area (Å²) in [5, 5.41) is 2.69. The van der Waals surface area contributed by atoms with Gasteiger partial charge in [-0.05, 0) is 75.5 Å². The number of anilines is 1. The van der Waals surface area contributed by atoms with Gasteiger partial charge < -0.3 is 21.3 Å². The van der Waals surface area contributed by atoms with Gasteiger partial charge in [0.15, 0.2) is 0 Å². The molecule has 0 saturated carbocycles. The summed E-state index contributed by atoms with van der Waals surface area (Å²) < 4.78 is 1.45. The number of carbonyl (C=O) groups excluding carboxylic acids is 2. The Morgan fingerprint density at radius 2 is 1.61 bits per heavy atom. The monoisotopic (exact) mass is 524 g/mol. The molecule has 11 heteroatoms. The number of rotatable bonds is 6. The third-order valence-electron chi connectivity index (χ3n) is 7.62. The first-order valence-electron chi connectivity index (χ1n) is 13.2. The van der Waals surface area contributed by atoms with Crippen molar-refractivity contribution in [3.05, 3.63) is 52.6 Å². The average molecular weight is 525 g/mol. The SMILES string of the molecule is CC1(CN)CCN(Cc2ccc(-n3ccc(NC(=O)N4CCN(C(=O)C(C)(C)N)CC4)nc3=O)cc2)CC1. The first-order chi connectivity index (χ1) is 18.0. The van der Waals surface area contributed by atoms with Crippen LogP contribution in [0.1, 0.15) is 39.2 Å². The first kappa shape index (κ1) is 27.7. The summed E-state index contributed by atoms with van der Waals surface area (Å²) in [6.07, 6.45) is 3.82. The molecule has 4 rings (SSSR count). The number of urea groups is 1. The molecule has 38 heavy (non-hydrogen) atoms. The van der Waals surface area contributed by atoms with Crippen LogP contribution >= 0.6 is 0 Å². The summed E-state index contributed by atoms with van der Waals surface area (Å²) >= 11 is 0. The zero-order chi connectivity index (χ0) is 27.5. The van der Waals surface area contributed by atoms with Crippen LogP contribution < -0.4 is 22.5 Å². The first-order valence-corrected chi connectivity index (χ1v) is 13.2. The van der Waals surface area contributed by atoms with E-state index in [0.29, 0.717) is 31.9 Å². The number of nitrogens with one attached hydrogen (secondary N) is 1. The summed E-state index contributed by atoms with van der Waals surface area (Å²) in [5.41, 5.74) is 12.5. The Kier molecular flexibility index (Phi) is 8.19. The molecule has 0 atom stereocenters. The molecule has 2 aromatic rings. The van der Waals surface area contributed by atoms with Gasteiger partial charge in [-0.2, -0.15) is 4.98 Å². The van der Waals surface area contributed by atoms with Crippen molar-refractivity contribution in [3.63, 3.8) is 0 Å². The third kappa shape index (κ3) is 6.58. The zero-order valence-electron chi connectivity index (χ0n) is 22.7. The van der Waals surface area contributed by atoms with Crippen molar-refractivity contribution in [2.75, 3.05) is 51.1 Å². The van der Waals surface area contributed by atoms with Crippen LogP contribution in [0.15, 0.2) is 41.3 Å². The molecule has 206 valence electrons. The van der Waals surface area contributed by atoms with E-state index >= 15 is 0 Å². The van der Waals surface area contributed by atoms with Crippen LogP contribution in [0.25, 0.3) is 5.69 Å². The highest BCUT2D eigenvalue weighted by atomic mass is 16.2. The smallest absolute Gasteiger partial charge is 0.338 e. The minimum atomic E-state index is -0.945. The predicted octanol–water partition coefficient (Wildman–Crippen LogP) is 1.21. The lowest BCUT2D eigenvalue weighted by Gasteiger charge is -2.38. The molecular weight excluding hydrogens is 484 g/mol. The zero-order valence-corrected chi connectivity index (χ0v) is 22.7. The van der Waals surface area contributed by atoms with Crippen molar-refractivity contribution in [1.29, 1.82) is 0 Å². The van der Waals surface area contributed by atoms with Gasteiger partial charge in [-0.25, -0.2) is 9.59 Å². The minimum Gasteiger partial charge on any atom is -0.338 e. The summed E-state index contributed by atoms with van der Waals surface area (Å²) in [6, 6.07) is 9.13. The topological polar surface area (TPSA) is 143 Å². The molecule has 0 unspecified atom stereocenters. The molecular formula is C27H40N8O3. The van der Waals surface area contributed by atoms with E-state index in [1.54, 1.807) is 35.9 Å². The second-order valence-electron chi connectivity index (χ2n) is 11.4. The lowest BCUT2D eigenvalue weighted by Crippen LogP contribution is -2.58. The van der Waals surface area contributed by atoms with E-state index in [9.17, 15) is 14.4 Å². The summed E-state index contributed by atoms with van der Waals surface area (Å²) in [5.74, 6) is 0.0430. The largest absolute Gasteiger partial charge is 0.354 e. The van der Waals surface area contributed by atoms with E-state index in [-0.39, 0.29) is 23.2 Å². The number of likely N-dealkylation sites (tertiary alicyclic amines) is 1. The number of nitrogens with zero attached hydrogens (tertiary/aromatic N) is 5. The number of nitrogens with two attached hydrogens (primary N) is 2. The predicted molar refractivity (Wildman–Crippen MR) is 147 cm³/mol. The highest BCUT2D eigenvalue weighted by Gasteiger charge is 2.31. The number of hydrogen-bond donors (Lipinski definition) is 3. The Balaban J connectivity index is 1.31. The maximum atomic E-state index is 12.7. The molecule has 3 amide bonds. The van der Waals surface area contributed by atoms with Crippen LogP contribution in [0.2, 0.25) is 0 Å². The fourth-order valence-corrected chi connectivity index (χ4v) is 4.85. The molecule has 0 bridgehead atoms. The quantitative estimate of drug-likeness (QED) is 0.515. The molecule has 2 saturated heterocycles. The van der Waals surface area contributed by atoms with Crippen LogP contribution in [-0.2, 0) is 11.3 Å². The van der Waals surface area contributed by atoms with Gasteiger partial charge in [-0.3, -0.25) is 19.6 Å². The molecule has 2 fully saturated rings. The number of piperazine rings is 1. The Hall–Kier alpha value is -3.28. The van der Waals surface area contributed by atoms with Crippen LogP contribution in [0, 0.1) is 5.41 Å². The fourth-order valence-electron chi connectivity index (χ4n) is 4.85. The van der Waals surface area contributed by atoms with Crippen molar-refractivity contribution in [3.8, 4) is 5.69 Å². The number of benzene rings is 1. The second-order valence-corrected chi connectivity index (χ2v) is 11.4. The van der Waals surface area contributed by atoms with Gasteiger partial charge in [-0.1, -0.05) is 19.1 Å². The number of aromatic nitrogens is 2. The van der Waals surface area contributed by atoms with E-state index in [2.05, 4.69) is 22.1 Å². The van der Waals surface area contributed by atoms with Gasteiger partial charge >= 0.3 is 11.7 Å². The molecule has 0 aliphatic carbocycles. The highest BCUT2D eigenvalue weighted by molar-refractivity contribution is 5.89. The lowest BCUT2D eigenvalue weighted by atomic mass is 9.80. The number of hydrogen-bond acceptors (Lipinski definition) is 7. The fraction of sp³-hybridized carbons (Fsp3) is 0.556. The van der Waals surface area contributed by atoms with Crippen molar-refractivity contribution < 1.29 is 9.59 Å². The number of carbonyl (C=O) groups is 2. The Labute approximate surface area is 223 Å². The Morgan fingerprint density at radius 3 is 2.16 bits per heavy atom. The Morgan fingerprint density at radius 1 is 1.00 bits per heavy atom. The molecule has 5 N–H and O–H groups in total. The lowest BCUT2D eigenvalue weighted by molar-refractivity contribution is -0.137. The van der Waals surface area contributed by atoms with Crippen LogP contribution in [0.5, 0.6) is 0 Å². The standard InChI is InChI=1S/C27H40N8O3/c1-26(2,29)23(36)33-14-16-34(17-15-33)24(37)30-22-8-11-35(25(38)31-22)21-6-4-20(5-7-21)18-32-12-9-27(3,19-28)10-13-32/h4-8,11H,9-10,12-19,28-29H2,1-3H3,(H,30,31,37,38). The Bertz CT molecular complexity index is 1190. The molecule has 1 aromatic carbocycles. The number of amides is 3. The van der Waals surface area contributed by atoms with Crippen LogP contribution in [-0.4, -0.2) is 87.5 Å². The van der Waals surface area contributed by atoms with E-state index < -0.39 is 11.2 Å². The maximum absolute atomic E-state index is 12.7. The van der Waals surface area contributed by atoms with Gasteiger partial charge in [0.1, 0.15) is 5.82 Å². The normalized spacial score (nSPS) is 18.3. The summed E-state index contributed by atoms with van der Waals surface area (Å²) in [6.45, 7) is 10.8. The molecule has 3 heterocycles. The van der Waals surface area contributed by atoms with Gasteiger partial charge in [-0.15, -0.1) is 0 Å². The molecule has 2 aliphatic rings. The van der Waals surface area contributed by atoms with Crippen molar-refractivity contribution >= 4 is 17.8 Å². The van der Waals surface area contributed by atoms with E-state index in [0.717, 1.165) is 39.0 Å². The van der Waals surface area contributed by atoms with E-state index in [1.165, 1.54) is 10.1 Å². The molecule has 11 nitrogen and oxygen atoms in total. The van der Waals surface area contributed by atoms with Gasteiger partial charge in [0, 0.05) is 38.9 Å². The van der Waals surface area contributed by atoms with Crippen molar-refractivity contribution in [2.45, 2.75) is 45.7 Å².